The molecule has 96 valence electrons. The minimum Gasteiger partial charge on any atom is -0.337 e. The molecule has 1 amide bonds. The highest BCUT2D eigenvalue weighted by atomic mass is 16.5. The van der Waals surface area contributed by atoms with Crippen molar-refractivity contribution in [2.45, 2.75) is 45.6 Å². The quantitative estimate of drug-likeness (QED) is 0.799. The predicted molar refractivity (Wildman–Crippen MR) is 65.5 cm³/mol. The molecule has 1 aromatic heterocycles. The van der Waals surface area contributed by atoms with Crippen molar-refractivity contribution >= 4 is 18.2 Å². The number of amides is 1. The number of carbonyl (C=O) groups is 1. The maximum absolute atomic E-state index is 12.2. The van der Waals surface area contributed by atoms with Crippen molar-refractivity contribution in [3.05, 3.63) is 5.89 Å². The molecular weight excluding hydrogens is 232 g/mol. The summed E-state index contributed by atoms with van der Waals surface area (Å²) in [6.07, 6.45) is 3.68. The summed E-state index contributed by atoms with van der Waals surface area (Å²) in [6, 6.07) is -0.375. The molecule has 0 saturated heterocycles. The zero-order valence-electron chi connectivity index (χ0n) is 10.8. The lowest BCUT2D eigenvalue weighted by Crippen LogP contribution is -2.38. The summed E-state index contributed by atoms with van der Waals surface area (Å²) in [5.41, 5.74) is -0.203. The molecule has 0 spiro atoms. The summed E-state index contributed by atoms with van der Waals surface area (Å²) in [5, 5.41) is 3.85. The first kappa shape index (κ1) is 11.4. The van der Waals surface area contributed by atoms with E-state index in [2.05, 4.69) is 15.1 Å². The van der Waals surface area contributed by atoms with Crippen LogP contribution in [0.5, 0.6) is 0 Å². The third-order valence-electron chi connectivity index (χ3n) is 3.20. The van der Waals surface area contributed by atoms with Crippen LogP contribution in [0.1, 0.15) is 45.4 Å². The van der Waals surface area contributed by atoms with Crippen LogP contribution in [-0.4, -0.2) is 28.4 Å². The first-order valence-corrected chi connectivity index (χ1v) is 6.17. The fraction of sp³-hybridized carbons (Fsp3) is 0.667. The zero-order chi connectivity index (χ0) is 12.9. The average molecular weight is 248 g/mol. The zero-order valence-corrected chi connectivity index (χ0v) is 10.8. The van der Waals surface area contributed by atoms with E-state index in [1.165, 1.54) is 11.2 Å². The summed E-state index contributed by atoms with van der Waals surface area (Å²) < 4.78 is 5.15. The van der Waals surface area contributed by atoms with Crippen LogP contribution >= 0.6 is 0 Å². The maximum atomic E-state index is 12.2. The molecule has 1 aromatic rings. The van der Waals surface area contributed by atoms with Crippen LogP contribution in [0.3, 0.4) is 0 Å². The Hall–Kier alpha value is -1.72. The third-order valence-corrected chi connectivity index (χ3v) is 3.20. The van der Waals surface area contributed by atoms with E-state index in [4.69, 9.17) is 4.52 Å². The normalized spacial score (nSPS) is 24.1. The van der Waals surface area contributed by atoms with Gasteiger partial charge in [-0.05, 0) is 23.4 Å². The van der Waals surface area contributed by atoms with Gasteiger partial charge in [-0.25, -0.2) is 4.90 Å². The van der Waals surface area contributed by atoms with Gasteiger partial charge in [0.1, 0.15) is 12.4 Å². The highest BCUT2D eigenvalue weighted by Gasteiger charge is 2.40. The summed E-state index contributed by atoms with van der Waals surface area (Å²) >= 11 is 0. The van der Waals surface area contributed by atoms with Crippen LogP contribution in [0.25, 0.3) is 0 Å². The van der Waals surface area contributed by atoms with Crippen LogP contribution in [0.4, 0.5) is 5.95 Å². The molecule has 1 unspecified atom stereocenters. The topological polar surface area (TPSA) is 71.6 Å². The fourth-order valence-electron chi connectivity index (χ4n) is 1.95. The Bertz CT molecular complexity index is 510. The van der Waals surface area contributed by atoms with Gasteiger partial charge in [-0.2, -0.15) is 4.98 Å². The highest BCUT2D eigenvalue weighted by Crippen LogP contribution is 2.39. The summed E-state index contributed by atoms with van der Waals surface area (Å²) in [6.45, 7) is 5.97. The SMILES string of the molecule is CC(C)(C)C1N=CN(c2noc(C3CC3)n2)C1=O. The molecule has 6 heteroatoms. The lowest BCUT2D eigenvalue weighted by atomic mass is 9.87. The molecule has 3 rings (SSSR count). The van der Waals surface area contributed by atoms with Crippen molar-refractivity contribution in [2.24, 2.45) is 10.4 Å². The Morgan fingerprint density at radius 3 is 2.67 bits per heavy atom. The Labute approximate surface area is 105 Å². The molecule has 6 nitrogen and oxygen atoms in total. The standard InChI is InChI=1S/C12H16N4O2/c1-12(2,3)8-10(17)16(6-13-8)11-14-9(18-15-11)7-4-5-7/h6-8H,4-5H2,1-3H3. The van der Waals surface area contributed by atoms with Gasteiger partial charge in [0.25, 0.3) is 11.9 Å². The van der Waals surface area contributed by atoms with Gasteiger partial charge in [0.15, 0.2) is 0 Å². The largest absolute Gasteiger partial charge is 0.337 e. The van der Waals surface area contributed by atoms with Crippen LogP contribution < -0.4 is 4.90 Å². The van der Waals surface area contributed by atoms with E-state index in [9.17, 15) is 4.79 Å². The average Bonchev–Trinajstić information content (AvgIpc) is 2.87. The van der Waals surface area contributed by atoms with Crippen LogP contribution in [0.15, 0.2) is 9.52 Å². The molecule has 1 aliphatic carbocycles. The number of nitrogens with zero attached hydrogens (tertiary/aromatic N) is 4. The molecule has 0 aromatic carbocycles. The van der Waals surface area contributed by atoms with E-state index in [1.807, 2.05) is 20.8 Å². The van der Waals surface area contributed by atoms with Crippen molar-refractivity contribution in [3.8, 4) is 0 Å². The second-order valence-corrected chi connectivity index (χ2v) is 5.95. The molecular formula is C12H16N4O2. The summed E-state index contributed by atoms with van der Waals surface area (Å²) in [5.74, 6) is 1.23. The van der Waals surface area contributed by atoms with E-state index in [0.717, 1.165) is 12.8 Å². The minimum absolute atomic E-state index is 0.0920. The molecule has 2 aliphatic rings. The van der Waals surface area contributed by atoms with Crippen LogP contribution in [0, 0.1) is 5.41 Å². The maximum Gasteiger partial charge on any atom is 0.278 e. The van der Waals surface area contributed by atoms with Gasteiger partial charge in [-0.15, -0.1) is 0 Å². The van der Waals surface area contributed by atoms with Gasteiger partial charge < -0.3 is 4.52 Å². The number of hydrogen-bond acceptors (Lipinski definition) is 5. The minimum atomic E-state index is -0.375. The van der Waals surface area contributed by atoms with E-state index >= 15 is 0 Å². The Kier molecular flexibility index (Phi) is 2.30. The summed E-state index contributed by atoms with van der Waals surface area (Å²) in [7, 11) is 0. The van der Waals surface area contributed by atoms with Gasteiger partial charge in [-0.1, -0.05) is 20.8 Å². The van der Waals surface area contributed by atoms with Crippen molar-refractivity contribution < 1.29 is 9.32 Å². The number of aliphatic imine (C=N–C) groups is 1. The second kappa shape index (κ2) is 3.63. The Morgan fingerprint density at radius 2 is 2.11 bits per heavy atom. The van der Waals surface area contributed by atoms with Crippen LogP contribution in [0.2, 0.25) is 0 Å². The monoisotopic (exact) mass is 248 g/mol. The molecule has 1 aliphatic heterocycles. The predicted octanol–water partition coefficient (Wildman–Crippen LogP) is 1.74. The van der Waals surface area contributed by atoms with Gasteiger partial charge in [-0.3, -0.25) is 9.79 Å². The van der Waals surface area contributed by atoms with Gasteiger partial charge >= 0.3 is 0 Å². The third kappa shape index (κ3) is 1.81. The molecule has 18 heavy (non-hydrogen) atoms. The van der Waals surface area contributed by atoms with Gasteiger partial charge in [0.2, 0.25) is 5.89 Å². The van der Waals surface area contributed by atoms with E-state index in [-0.39, 0.29) is 17.4 Å². The molecule has 1 saturated carbocycles. The number of aromatic nitrogens is 2. The number of carbonyl (C=O) groups excluding carboxylic acids is 1. The van der Waals surface area contributed by atoms with Gasteiger partial charge in [0, 0.05) is 5.92 Å². The van der Waals surface area contributed by atoms with Crippen molar-refractivity contribution in [3.63, 3.8) is 0 Å². The molecule has 1 fully saturated rings. The summed E-state index contributed by atoms with van der Waals surface area (Å²) in [4.78, 5) is 22.1. The lowest BCUT2D eigenvalue weighted by Gasteiger charge is -2.23. The molecule has 0 N–H and O–H groups in total. The first-order chi connectivity index (χ1) is 8.47. The molecule has 0 radical (unpaired) electrons. The molecule has 1 atom stereocenters. The molecule has 0 bridgehead atoms. The number of rotatable bonds is 2. The lowest BCUT2D eigenvalue weighted by molar-refractivity contribution is -0.120. The van der Waals surface area contributed by atoms with Crippen molar-refractivity contribution in [2.75, 3.05) is 4.90 Å². The Morgan fingerprint density at radius 1 is 1.39 bits per heavy atom. The second-order valence-electron chi connectivity index (χ2n) is 5.95. The number of anilines is 1. The first-order valence-electron chi connectivity index (χ1n) is 6.17. The number of hydrogen-bond donors (Lipinski definition) is 0. The Balaban J connectivity index is 1.81. The fourth-order valence-corrected chi connectivity index (χ4v) is 1.95. The van der Waals surface area contributed by atoms with Gasteiger partial charge in [0.05, 0.1) is 0 Å². The smallest absolute Gasteiger partial charge is 0.278 e. The van der Waals surface area contributed by atoms with E-state index in [0.29, 0.717) is 17.8 Å². The van der Waals surface area contributed by atoms with E-state index < -0.39 is 0 Å². The highest BCUT2D eigenvalue weighted by molar-refractivity contribution is 6.13. The van der Waals surface area contributed by atoms with E-state index in [1.54, 1.807) is 0 Å². The molecule has 2 heterocycles. The van der Waals surface area contributed by atoms with Crippen molar-refractivity contribution in [1.82, 2.24) is 10.1 Å². The van der Waals surface area contributed by atoms with Crippen molar-refractivity contribution in [1.29, 1.82) is 0 Å². The van der Waals surface area contributed by atoms with Crippen LogP contribution in [-0.2, 0) is 4.79 Å².